The summed E-state index contributed by atoms with van der Waals surface area (Å²) in [5, 5.41) is 12.3. The van der Waals surface area contributed by atoms with Gasteiger partial charge in [0.15, 0.2) is 0 Å². The molecule has 1 aromatic rings. The Bertz CT molecular complexity index is 491. The Hall–Kier alpha value is -2.46. The zero-order valence-corrected chi connectivity index (χ0v) is 9.20. The van der Waals surface area contributed by atoms with E-state index in [4.69, 9.17) is 15.4 Å². The molecule has 0 atom stereocenters. The summed E-state index contributed by atoms with van der Waals surface area (Å²) in [6.45, 7) is 0.173. The summed E-state index contributed by atoms with van der Waals surface area (Å²) in [4.78, 5) is 13.5. The topological polar surface area (TPSA) is 95.3 Å². The molecule has 0 spiro atoms. The highest BCUT2D eigenvalue weighted by atomic mass is 16.5. The minimum Gasteiger partial charge on any atom is -0.497 e. The maximum absolute atomic E-state index is 11.0. The van der Waals surface area contributed by atoms with Crippen molar-refractivity contribution >= 4 is 12.0 Å². The molecular weight excluding hydrogens is 222 g/mol. The van der Waals surface area contributed by atoms with Crippen LogP contribution in [0.2, 0.25) is 0 Å². The standard InChI is InChI=1S/C11H11N3O3/c1-17-9-4-5-10(11(15)16)8(7-9)3-2-6-13-14-12/h2-5,7H,6H2,1H3,(H,15,16). The smallest absolute Gasteiger partial charge is 0.336 e. The van der Waals surface area contributed by atoms with Crippen molar-refractivity contribution in [2.45, 2.75) is 0 Å². The number of benzene rings is 1. The predicted octanol–water partition coefficient (Wildman–Crippen LogP) is 2.72. The first-order chi connectivity index (χ1) is 8.19. The molecule has 0 aliphatic heterocycles. The lowest BCUT2D eigenvalue weighted by Crippen LogP contribution is -1.99. The number of hydrogen-bond donors (Lipinski definition) is 1. The molecule has 88 valence electrons. The van der Waals surface area contributed by atoms with E-state index >= 15 is 0 Å². The van der Waals surface area contributed by atoms with Gasteiger partial charge >= 0.3 is 5.97 Å². The van der Waals surface area contributed by atoms with E-state index in [0.717, 1.165) is 0 Å². The van der Waals surface area contributed by atoms with Crippen LogP contribution in [0.3, 0.4) is 0 Å². The van der Waals surface area contributed by atoms with E-state index in [0.29, 0.717) is 11.3 Å². The third-order valence-corrected chi connectivity index (χ3v) is 2.04. The summed E-state index contributed by atoms with van der Waals surface area (Å²) in [7, 11) is 1.50. The second kappa shape index (κ2) is 6.19. The van der Waals surface area contributed by atoms with Crippen LogP contribution in [0.1, 0.15) is 15.9 Å². The zero-order valence-electron chi connectivity index (χ0n) is 9.20. The van der Waals surface area contributed by atoms with E-state index in [1.165, 1.54) is 13.2 Å². The van der Waals surface area contributed by atoms with Crippen LogP contribution >= 0.6 is 0 Å². The van der Waals surface area contributed by atoms with Gasteiger partial charge in [-0.05, 0) is 29.3 Å². The number of methoxy groups -OCH3 is 1. The number of carboxylic acids is 1. The third kappa shape index (κ3) is 3.55. The van der Waals surface area contributed by atoms with Crippen LogP contribution < -0.4 is 4.74 Å². The summed E-state index contributed by atoms with van der Waals surface area (Å²) < 4.78 is 5.01. The molecule has 0 saturated carbocycles. The van der Waals surface area contributed by atoms with Crippen molar-refractivity contribution in [2.24, 2.45) is 5.11 Å². The number of carboxylic acid groups (broad SMARTS) is 1. The van der Waals surface area contributed by atoms with Crippen LogP contribution in [-0.2, 0) is 0 Å². The third-order valence-electron chi connectivity index (χ3n) is 2.04. The number of rotatable bonds is 5. The van der Waals surface area contributed by atoms with E-state index in [1.54, 1.807) is 24.3 Å². The first kappa shape index (κ1) is 12.6. The summed E-state index contributed by atoms with van der Waals surface area (Å²) in [5.74, 6) is -0.450. The molecule has 1 aromatic carbocycles. The Morgan fingerprint density at radius 2 is 2.41 bits per heavy atom. The van der Waals surface area contributed by atoms with Gasteiger partial charge in [0.1, 0.15) is 5.75 Å². The Labute approximate surface area is 97.8 Å². The molecule has 0 fully saturated rings. The fourth-order valence-corrected chi connectivity index (χ4v) is 1.26. The zero-order chi connectivity index (χ0) is 12.7. The van der Waals surface area contributed by atoms with Gasteiger partial charge in [0.2, 0.25) is 0 Å². The number of ether oxygens (including phenoxy) is 1. The maximum atomic E-state index is 11.0. The molecule has 6 nitrogen and oxygen atoms in total. The first-order valence-corrected chi connectivity index (χ1v) is 4.77. The average molecular weight is 233 g/mol. The molecule has 0 aliphatic rings. The molecule has 0 bridgehead atoms. The molecule has 0 amide bonds. The number of azide groups is 1. The van der Waals surface area contributed by atoms with Gasteiger partial charge in [-0.2, -0.15) is 0 Å². The summed E-state index contributed by atoms with van der Waals surface area (Å²) in [6, 6.07) is 4.65. The minimum atomic E-state index is -1.02. The van der Waals surface area contributed by atoms with Crippen molar-refractivity contribution in [2.75, 3.05) is 13.7 Å². The van der Waals surface area contributed by atoms with Gasteiger partial charge in [-0.25, -0.2) is 4.79 Å². The van der Waals surface area contributed by atoms with E-state index in [1.807, 2.05) is 0 Å². The van der Waals surface area contributed by atoms with Crippen molar-refractivity contribution < 1.29 is 14.6 Å². The van der Waals surface area contributed by atoms with Crippen LogP contribution in [0.5, 0.6) is 5.75 Å². The number of nitrogens with zero attached hydrogens (tertiary/aromatic N) is 3. The molecule has 0 radical (unpaired) electrons. The fourth-order valence-electron chi connectivity index (χ4n) is 1.26. The molecule has 1 N–H and O–H groups in total. The van der Waals surface area contributed by atoms with Gasteiger partial charge < -0.3 is 9.84 Å². The van der Waals surface area contributed by atoms with Crippen molar-refractivity contribution in [3.8, 4) is 5.75 Å². The highest BCUT2D eigenvalue weighted by molar-refractivity contribution is 5.92. The van der Waals surface area contributed by atoms with Crippen LogP contribution in [0, 0.1) is 0 Å². The minimum absolute atomic E-state index is 0.169. The molecule has 1 rings (SSSR count). The van der Waals surface area contributed by atoms with E-state index in [-0.39, 0.29) is 12.1 Å². The van der Waals surface area contributed by atoms with Crippen molar-refractivity contribution in [1.29, 1.82) is 0 Å². The maximum Gasteiger partial charge on any atom is 0.336 e. The summed E-state index contributed by atoms with van der Waals surface area (Å²) in [6.07, 6.45) is 3.17. The van der Waals surface area contributed by atoms with Crippen molar-refractivity contribution in [3.63, 3.8) is 0 Å². The van der Waals surface area contributed by atoms with Crippen LogP contribution in [0.15, 0.2) is 29.4 Å². The monoisotopic (exact) mass is 233 g/mol. The first-order valence-electron chi connectivity index (χ1n) is 4.77. The van der Waals surface area contributed by atoms with E-state index < -0.39 is 5.97 Å². The highest BCUT2D eigenvalue weighted by Gasteiger charge is 2.08. The number of aromatic carboxylic acids is 1. The van der Waals surface area contributed by atoms with Gasteiger partial charge in [0.05, 0.1) is 12.7 Å². The number of hydrogen-bond acceptors (Lipinski definition) is 3. The second-order valence-corrected chi connectivity index (χ2v) is 3.07. The van der Waals surface area contributed by atoms with Gasteiger partial charge in [0, 0.05) is 11.5 Å². The Balaban J connectivity index is 3.04. The fraction of sp³-hybridized carbons (Fsp3) is 0.182. The van der Waals surface area contributed by atoms with Gasteiger partial charge in [-0.3, -0.25) is 0 Å². The molecule has 0 aliphatic carbocycles. The largest absolute Gasteiger partial charge is 0.497 e. The Kier molecular flexibility index (Phi) is 4.59. The molecule has 0 unspecified atom stereocenters. The van der Waals surface area contributed by atoms with Crippen LogP contribution in [0.25, 0.3) is 16.5 Å². The average Bonchev–Trinajstić information content (AvgIpc) is 2.34. The summed E-state index contributed by atoms with van der Waals surface area (Å²) >= 11 is 0. The van der Waals surface area contributed by atoms with Crippen molar-refractivity contribution in [3.05, 3.63) is 45.8 Å². The molecule has 0 aromatic heterocycles. The molecule has 0 heterocycles. The highest BCUT2D eigenvalue weighted by Crippen LogP contribution is 2.19. The molecule has 17 heavy (non-hydrogen) atoms. The predicted molar refractivity (Wildman–Crippen MR) is 63.0 cm³/mol. The molecule has 6 heteroatoms. The molecular formula is C11H11N3O3. The molecule has 0 saturated heterocycles. The van der Waals surface area contributed by atoms with Crippen molar-refractivity contribution in [1.82, 2.24) is 0 Å². The second-order valence-electron chi connectivity index (χ2n) is 3.07. The lowest BCUT2D eigenvalue weighted by Gasteiger charge is -2.04. The lowest BCUT2D eigenvalue weighted by atomic mass is 10.1. The Morgan fingerprint density at radius 1 is 1.65 bits per heavy atom. The Morgan fingerprint density at radius 3 is 3.00 bits per heavy atom. The SMILES string of the molecule is COc1ccc(C(=O)O)c(C=CCN=[N+]=[N-])c1. The van der Waals surface area contributed by atoms with Gasteiger partial charge in [-0.1, -0.05) is 17.3 Å². The van der Waals surface area contributed by atoms with E-state index in [9.17, 15) is 4.79 Å². The summed E-state index contributed by atoms with van der Waals surface area (Å²) in [5.41, 5.74) is 8.77. The lowest BCUT2D eigenvalue weighted by molar-refractivity contribution is 0.0696. The van der Waals surface area contributed by atoms with Crippen LogP contribution in [0.4, 0.5) is 0 Å². The van der Waals surface area contributed by atoms with E-state index in [2.05, 4.69) is 10.0 Å². The van der Waals surface area contributed by atoms with Gasteiger partial charge in [0.25, 0.3) is 0 Å². The van der Waals surface area contributed by atoms with Crippen LogP contribution in [-0.4, -0.2) is 24.7 Å². The van der Waals surface area contributed by atoms with Gasteiger partial charge in [-0.15, -0.1) is 0 Å². The quantitative estimate of drug-likeness (QED) is 0.481. The number of carbonyl (C=O) groups is 1. The normalized spacial score (nSPS) is 9.94.